The van der Waals surface area contributed by atoms with Crippen molar-refractivity contribution in [2.24, 2.45) is 0 Å². The van der Waals surface area contributed by atoms with E-state index in [1.165, 1.54) is 0 Å². The predicted octanol–water partition coefficient (Wildman–Crippen LogP) is 1.17. The molecule has 0 heterocycles. The molecule has 1 aromatic rings. The first-order chi connectivity index (χ1) is 6.53. The van der Waals surface area contributed by atoms with Crippen LogP contribution in [0.1, 0.15) is 11.1 Å². The summed E-state index contributed by atoms with van der Waals surface area (Å²) < 4.78 is 14.7. The van der Waals surface area contributed by atoms with Crippen LogP contribution in [0.15, 0.2) is 24.3 Å². The van der Waals surface area contributed by atoms with E-state index in [0.717, 1.165) is 0 Å². The van der Waals surface area contributed by atoms with Crippen LogP contribution >= 0.6 is 7.82 Å². The molecule has 0 atom stereocenters. The SMILES string of the molecule is N#Cc1ccccc1COP(=O)(O)O. The molecule has 0 aliphatic heterocycles. The van der Waals surface area contributed by atoms with Crippen LogP contribution in [-0.4, -0.2) is 9.79 Å². The van der Waals surface area contributed by atoms with Gasteiger partial charge in [-0.3, -0.25) is 4.52 Å². The van der Waals surface area contributed by atoms with Gasteiger partial charge in [0.25, 0.3) is 0 Å². The summed E-state index contributed by atoms with van der Waals surface area (Å²) in [5.74, 6) is 0. The highest BCUT2D eigenvalue weighted by Gasteiger charge is 2.14. The molecule has 0 spiro atoms. The third kappa shape index (κ3) is 3.29. The molecule has 2 N–H and O–H groups in total. The molecule has 0 amide bonds. The third-order valence-corrected chi connectivity index (χ3v) is 1.99. The summed E-state index contributed by atoms with van der Waals surface area (Å²) in [4.78, 5) is 16.9. The third-order valence-electron chi connectivity index (χ3n) is 1.53. The van der Waals surface area contributed by atoms with E-state index < -0.39 is 7.82 Å². The molecule has 0 radical (unpaired) electrons. The topological polar surface area (TPSA) is 90.5 Å². The number of phosphoric ester groups is 1. The zero-order valence-electron chi connectivity index (χ0n) is 7.12. The van der Waals surface area contributed by atoms with E-state index >= 15 is 0 Å². The molecule has 0 saturated carbocycles. The summed E-state index contributed by atoms with van der Waals surface area (Å²) in [5.41, 5.74) is 0.805. The first kappa shape index (κ1) is 10.9. The first-order valence-electron chi connectivity index (χ1n) is 3.71. The number of nitrogens with zero attached hydrogens (tertiary/aromatic N) is 1. The quantitative estimate of drug-likeness (QED) is 0.735. The van der Waals surface area contributed by atoms with E-state index in [-0.39, 0.29) is 6.61 Å². The van der Waals surface area contributed by atoms with Crippen molar-refractivity contribution >= 4 is 7.82 Å². The lowest BCUT2D eigenvalue weighted by atomic mass is 10.1. The zero-order valence-corrected chi connectivity index (χ0v) is 8.02. The summed E-state index contributed by atoms with van der Waals surface area (Å²) in [5, 5.41) is 8.65. The highest BCUT2D eigenvalue weighted by molar-refractivity contribution is 7.46. The Bertz CT molecular complexity index is 406. The molecule has 74 valence electrons. The van der Waals surface area contributed by atoms with Crippen molar-refractivity contribution in [3.8, 4) is 6.07 Å². The second kappa shape index (κ2) is 4.36. The summed E-state index contributed by atoms with van der Waals surface area (Å²) in [6.07, 6.45) is 0. The molecule has 1 rings (SSSR count). The van der Waals surface area contributed by atoms with Crippen LogP contribution in [0.2, 0.25) is 0 Å². The van der Waals surface area contributed by atoms with Crippen molar-refractivity contribution in [2.75, 3.05) is 0 Å². The van der Waals surface area contributed by atoms with E-state index in [1.807, 2.05) is 6.07 Å². The molecular weight excluding hydrogens is 205 g/mol. The lowest BCUT2D eigenvalue weighted by Gasteiger charge is -2.05. The fourth-order valence-electron chi connectivity index (χ4n) is 0.909. The monoisotopic (exact) mass is 213 g/mol. The standard InChI is InChI=1S/C8H8NO4P/c9-5-7-3-1-2-4-8(7)6-13-14(10,11)12/h1-4H,6H2,(H2,10,11,12). The molecule has 5 nitrogen and oxygen atoms in total. The lowest BCUT2D eigenvalue weighted by molar-refractivity contribution is 0.189. The van der Waals surface area contributed by atoms with Gasteiger partial charge in [0.05, 0.1) is 18.2 Å². The Kier molecular flexibility index (Phi) is 3.39. The molecule has 0 saturated heterocycles. The molecular formula is C8H8NO4P. The Morgan fingerprint density at radius 3 is 2.64 bits per heavy atom. The van der Waals surface area contributed by atoms with E-state index in [1.54, 1.807) is 24.3 Å². The number of rotatable bonds is 3. The Labute approximate surface area is 80.8 Å². The smallest absolute Gasteiger partial charge is 0.303 e. The van der Waals surface area contributed by atoms with Crippen molar-refractivity contribution in [3.63, 3.8) is 0 Å². The highest BCUT2D eigenvalue weighted by atomic mass is 31.2. The summed E-state index contributed by atoms with van der Waals surface area (Å²) >= 11 is 0. The highest BCUT2D eigenvalue weighted by Crippen LogP contribution is 2.37. The molecule has 0 aliphatic carbocycles. The van der Waals surface area contributed by atoms with Crippen molar-refractivity contribution in [1.29, 1.82) is 5.26 Å². The van der Waals surface area contributed by atoms with Gasteiger partial charge < -0.3 is 9.79 Å². The summed E-state index contributed by atoms with van der Waals surface area (Å²) in [7, 11) is -4.47. The maximum atomic E-state index is 10.4. The van der Waals surface area contributed by atoms with E-state index in [9.17, 15) is 4.57 Å². The Balaban J connectivity index is 2.78. The van der Waals surface area contributed by atoms with Crippen LogP contribution in [0.25, 0.3) is 0 Å². The zero-order chi connectivity index (χ0) is 10.6. The summed E-state index contributed by atoms with van der Waals surface area (Å²) in [6.45, 7) is -0.270. The van der Waals surface area contributed by atoms with Gasteiger partial charge in [-0.2, -0.15) is 5.26 Å². The maximum Gasteiger partial charge on any atom is 0.469 e. The lowest BCUT2D eigenvalue weighted by Crippen LogP contribution is -1.93. The summed E-state index contributed by atoms with van der Waals surface area (Å²) in [6, 6.07) is 8.36. The Hall–Kier alpha value is -1.18. The van der Waals surface area contributed by atoms with Gasteiger partial charge in [0.15, 0.2) is 0 Å². The molecule has 0 bridgehead atoms. The Morgan fingerprint density at radius 2 is 2.07 bits per heavy atom. The molecule has 6 heteroatoms. The van der Waals surface area contributed by atoms with Crippen molar-refractivity contribution in [3.05, 3.63) is 35.4 Å². The second-order valence-corrected chi connectivity index (χ2v) is 3.77. The number of nitriles is 1. The fourth-order valence-corrected chi connectivity index (χ4v) is 1.22. The van der Waals surface area contributed by atoms with Crippen LogP contribution < -0.4 is 0 Å². The number of hydrogen-bond donors (Lipinski definition) is 2. The number of phosphoric acid groups is 1. The number of benzene rings is 1. The van der Waals surface area contributed by atoms with Gasteiger partial charge in [0, 0.05) is 0 Å². The Morgan fingerprint density at radius 1 is 1.43 bits per heavy atom. The predicted molar refractivity (Wildman–Crippen MR) is 48.0 cm³/mol. The fraction of sp³-hybridized carbons (Fsp3) is 0.125. The van der Waals surface area contributed by atoms with E-state index in [0.29, 0.717) is 11.1 Å². The van der Waals surface area contributed by atoms with E-state index in [4.69, 9.17) is 15.0 Å². The average molecular weight is 213 g/mol. The first-order valence-corrected chi connectivity index (χ1v) is 5.24. The molecule has 14 heavy (non-hydrogen) atoms. The molecule has 0 aromatic heterocycles. The van der Waals surface area contributed by atoms with Gasteiger partial charge in [-0.25, -0.2) is 4.57 Å². The van der Waals surface area contributed by atoms with Gasteiger partial charge in [0.1, 0.15) is 0 Å². The average Bonchev–Trinajstić information content (AvgIpc) is 2.14. The van der Waals surface area contributed by atoms with Crippen LogP contribution in [0, 0.1) is 11.3 Å². The van der Waals surface area contributed by atoms with Crippen LogP contribution in [-0.2, 0) is 15.7 Å². The van der Waals surface area contributed by atoms with Gasteiger partial charge in [-0.05, 0) is 11.6 Å². The minimum absolute atomic E-state index is 0.270. The van der Waals surface area contributed by atoms with Gasteiger partial charge in [0.2, 0.25) is 0 Å². The van der Waals surface area contributed by atoms with Crippen molar-refractivity contribution < 1.29 is 18.9 Å². The number of hydrogen-bond acceptors (Lipinski definition) is 3. The van der Waals surface area contributed by atoms with E-state index in [2.05, 4.69) is 4.52 Å². The molecule has 1 aromatic carbocycles. The minimum Gasteiger partial charge on any atom is -0.303 e. The van der Waals surface area contributed by atoms with Gasteiger partial charge in [-0.1, -0.05) is 18.2 Å². The van der Waals surface area contributed by atoms with Crippen LogP contribution in [0.3, 0.4) is 0 Å². The molecule has 0 aliphatic rings. The van der Waals surface area contributed by atoms with Crippen LogP contribution in [0.4, 0.5) is 0 Å². The maximum absolute atomic E-state index is 10.4. The largest absolute Gasteiger partial charge is 0.469 e. The molecule has 0 fully saturated rings. The van der Waals surface area contributed by atoms with Crippen LogP contribution in [0.5, 0.6) is 0 Å². The normalized spacial score (nSPS) is 10.9. The van der Waals surface area contributed by atoms with Gasteiger partial charge in [-0.15, -0.1) is 0 Å². The van der Waals surface area contributed by atoms with Crippen molar-refractivity contribution in [1.82, 2.24) is 0 Å². The van der Waals surface area contributed by atoms with Crippen molar-refractivity contribution in [2.45, 2.75) is 6.61 Å². The minimum atomic E-state index is -4.47. The van der Waals surface area contributed by atoms with Gasteiger partial charge >= 0.3 is 7.82 Å². The second-order valence-electron chi connectivity index (χ2n) is 2.53. The molecule has 0 unspecified atom stereocenters.